The lowest BCUT2D eigenvalue weighted by Gasteiger charge is -2.29. The van der Waals surface area contributed by atoms with Crippen molar-refractivity contribution in [2.45, 2.75) is 13.8 Å². The summed E-state index contributed by atoms with van der Waals surface area (Å²) in [5, 5.41) is 2.54. The molecule has 0 bridgehead atoms. The fraction of sp³-hybridized carbons (Fsp3) is 0.467. The van der Waals surface area contributed by atoms with Gasteiger partial charge >= 0.3 is 0 Å². The number of rotatable bonds is 5. The molecule has 1 rings (SSSR count). The van der Waals surface area contributed by atoms with Gasteiger partial charge in [0.25, 0.3) is 11.8 Å². The van der Waals surface area contributed by atoms with Gasteiger partial charge in [-0.2, -0.15) is 0 Å². The molecular weight excluding hydrogens is 290 g/mol. The van der Waals surface area contributed by atoms with E-state index in [0.29, 0.717) is 24.2 Å². The van der Waals surface area contributed by atoms with Gasteiger partial charge in [0.2, 0.25) is 0 Å². The summed E-state index contributed by atoms with van der Waals surface area (Å²) < 4.78 is 0. The van der Waals surface area contributed by atoms with E-state index in [1.165, 1.54) is 0 Å². The van der Waals surface area contributed by atoms with E-state index in [2.05, 4.69) is 5.32 Å². The molecule has 0 aromatic heterocycles. The van der Waals surface area contributed by atoms with Crippen molar-refractivity contribution in [1.29, 1.82) is 0 Å². The Hall–Kier alpha value is -1.59. The van der Waals surface area contributed by atoms with Crippen molar-refractivity contribution in [3.63, 3.8) is 0 Å². The Labute approximate surface area is 132 Å². The van der Waals surface area contributed by atoms with Crippen LogP contribution in [0.4, 0.5) is 0 Å². The van der Waals surface area contributed by atoms with Crippen LogP contribution in [-0.2, 0) is 0 Å². The molecule has 5 nitrogen and oxygen atoms in total. The Morgan fingerprint density at radius 3 is 2.38 bits per heavy atom. The van der Waals surface area contributed by atoms with Crippen molar-refractivity contribution in [2.24, 2.45) is 11.1 Å². The first-order valence-electron chi connectivity index (χ1n) is 6.58. The number of hydrogen-bond acceptors (Lipinski definition) is 3. The third-order valence-electron chi connectivity index (χ3n) is 3.16. The number of nitrogens with one attached hydrogen (secondary N) is 1. The third kappa shape index (κ3) is 5.36. The second kappa shape index (κ2) is 8.00. The number of benzene rings is 1. The smallest absolute Gasteiger partial charge is 0.253 e. The van der Waals surface area contributed by atoms with Gasteiger partial charge in [-0.15, -0.1) is 12.4 Å². The Morgan fingerprint density at radius 2 is 1.86 bits per heavy atom. The van der Waals surface area contributed by atoms with Gasteiger partial charge in [0, 0.05) is 31.8 Å². The lowest BCUT2D eigenvalue weighted by Crippen LogP contribution is -2.39. The molecule has 2 amide bonds. The van der Waals surface area contributed by atoms with E-state index in [-0.39, 0.29) is 29.6 Å². The van der Waals surface area contributed by atoms with Crippen LogP contribution in [0.1, 0.15) is 34.6 Å². The molecule has 6 heteroatoms. The second-order valence-corrected chi connectivity index (χ2v) is 5.69. The van der Waals surface area contributed by atoms with Gasteiger partial charge in [-0.25, -0.2) is 0 Å². The molecule has 0 atom stereocenters. The fourth-order valence-electron chi connectivity index (χ4n) is 1.94. The zero-order chi connectivity index (χ0) is 15.3. The molecular formula is C15H24ClN3O2. The van der Waals surface area contributed by atoms with Crippen LogP contribution in [0, 0.1) is 5.41 Å². The highest BCUT2D eigenvalue weighted by molar-refractivity contribution is 5.99. The maximum absolute atomic E-state index is 12.4. The first-order chi connectivity index (χ1) is 9.30. The van der Waals surface area contributed by atoms with Gasteiger partial charge in [-0.05, 0) is 30.2 Å². The third-order valence-corrected chi connectivity index (χ3v) is 3.16. The summed E-state index contributed by atoms with van der Waals surface area (Å²) in [5.74, 6) is -0.318. The first-order valence-corrected chi connectivity index (χ1v) is 6.58. The Kier molecular flexibility index (Phi) is 7.39. The monoisotopic (exact) mass is 313 g/mol. The molecule has 0 heterocycles. The zero-order valence-corrected chi connectivity index (χ0v) is 13.8. The summed E-state index contributed by atoms with van der Waals surface area (Å²) in [7, 11) is 3.30. The van der Waals surface area contributed by atoms with Crippen molar-refractivity contribution >= 4 is 24.2 Å². The molecule has 0 aliphatic rings. The highest BCUT2D eigenvalue weighted by Crippen LogP contribution is 2.16. The van der Waals surface area contributed by atoms with Crippen LogP contribution in [0.15, 0.2) is 24.3 Å². The van der Waals surface area contributed by atoms with E-state index in [9.17, 15) is 9.59 Å². The quantitative estimate of drug-likeness (QED) is 0.865. The molecule has 0 radical (unpaired) electrons. The van der Waals surface area contributed by atoms with Gasteiger partial charge < -0.3 is 16.0 Å². The van der Waals surface area contributed by atoms with Crippen LogP contribution in [0.25, 0.3) is 0 Å². The van der Waals surface area contributed by atoms with Gasteiger partial charge in [0.05, 0.1) is 0 Å². The van der Waals surface area contributed by atoms with Crippen molar-refractivity contribution in [3.8, 4) is 0 Å². The largest absolute Gasteiger partial charge is 0.355 e. The highest BCUT2D eigenvalue weighted by atomic mass is 35.5. The molecule has 0 fully saturated rings. The van der Waals surface area contributed by atoms with Gasteiger partial charge in [0.15, 0.2) is 0 Å². The van der Waals surface area contributed by atoms with Crippen LogP contribution in [0.5, 0.6) is 0 Å². The number of halogens is 1. The normalized spacial score (nSPS) is 10.5. The fourth-order valence-corrected chi connectivity index (χ4v) is 1.94. The number of carbonyl (C=O) groups is 2. The SMILES string of the molecule is CNC(=O)c1cccc(C(=O)N(C)CC(C)(C)CN)c1.Cl. The van der Waals surface area contributed by atoms with Crippen molar-refractivity contribution < 1.29 is 9.59 Å². The van der Waals surface area contributed by atoms with Crippen molar-refractivity contribution in [1.82, 2.24) is 10.2 Å². The minimum absolute atomic E-state index is 0. The molecule has 118 valence electrons. The summed E-state index contributed by atoms with van der Waals surface area (Å²) in [6, 6.07) is 6.70. The van der Waals surface area contributed by atoms with Gasteiger partial charge in [-0.3, -0.25) is 9.59 Å². The first kappa shape index (κ1) is 19.4. The number of amides is 2. The lowest BCUT2D eigenvalue weighted by atomic mass is 9.93. The number of carbonyl (C=O) groups excluding carboxylic acids is 2. The second-order valence-electron chi connectivity index (χ2n) is 5.69. The highest BCUT2D eigenvalue weighted by Gasteiger charge is 2.22. The van der Waals surface area contributed by atoms with Crippen LogP contribution < -0.4 is 11.1 Å². The lowest BCUT2D eigenvalue weighted by molar-refractivity contribution is 0.0740. The molecule has 1 aromatic carbocycles. The van der Waals surface area contributed by atoms with E-state index in [1.54, 1.807) is 43.3 Å². The molecule has 0 saturated carbocycles. The molecule has 1 aromatic rings. The molecule has 0 unspecified atom stereocenters. The van der Waals surface area contributed by atoms with E-state index >= 15 is 0 Å². The van der Waals surface area contributed by atoms with E-state index in [0.717, 1.165) is 0 Å². The van der Waals surface area contributed by atoms with E-state index < -0.39 is 0 Å². The summed E-state index contributed by atoms with van der Waals surface area (Å²) >= 11 is 0. The number of hydrogen-bond donors (Lipinski definition) is 2. The molecule has 21 heavy (non-hydrogen) atoms. The predicted octanol–water partition coefficient (Wildman–Crippen LogP) is 1.52. The van der Waals surface area contributed by atoms with Crippen LogP contribution in [-0.4, -0.2) is 43.9 Å². The summed E-state index contributed by atoms with van der Waals surface area (Å²) in [5.41, 5.74) is 6.53. The summed E-state index contributed by atoms with van der Waals surface area (Å²) in [4.78, 5) is 25.6. The Bertz CT molecular complexity index is 503. The van der Waals surface area contributed by atoms with Crippen LogP contribution >= 0.6 is 12.4 Å². The Morgan fingerprint density at radius 1 is 1.29 bits per heavy atom. The minimum atomic E-state index is -0.204. The summed E-state index contributed by atoms with van der Waals surface area (Å²) in [6.07, 6.45) is 0. The molecule has 0 aliphatic heterocycles. The van der Waals surface area contributed by atoms with Crippen molar-refractivity contribution in [3.05, 3.63) is 35.4 Å². The van der Waals surface area contributed by atoms with E-state index in [4.69, 9.17) is 5.73 Å². The van der Waals surface area contributed by atoms with E-state index in [1.807, 2.05) is 13.8 Å². The molecule has 0 aliphatic carbocycles. The number of nitrogens with two attached hydrogens (primary N) is 1. The standard InChI is InChI=1S/C15H23N3O2.ClH/c1-15(2,9-16)10-18(4)14(20)12-7-5-6-11(8-12)13(19)17-3;/h5-8H,9-10,16H2,1-4H3,(H,17,19);1H. The van der Waals surface area contributed by atoms with Gasteiger partial charge in [0.1, 0.15) is 0 Å². The molecule has 0 spiro atoms. The summed E-state index contributed by atoms with van der Waals surface area (Å²) in [6.45, 7) is 5.09. The minimum Gasteiger partial charge on any atom is -0.355 e. The maximum atomic E-state index is 12.4. The van der Waals surface area contributed by atoms with Crippen LogP contribution in [0.3, 0.4) is 0 Å². The average Bonchev–Trinajstić information content (AvgIpc) is 2.45. The van der Waals surface area contributed by atoms with Gasteiger partial charge in [-0.1, -0.05) is 19.9 Å². The predicted molar refractivity (Wildman–Crippen MR) is 86.9 cm³/mol. The Balaban J connectivity index is 0.00000400. The molecule has 0 saturated heterocycles. The average molecular weight is 314 g/mol. The molecule has 3 N–H and O–H groups in total. The topological polar surface area (TPSA) is 75.4 Å². The maximum Gasteiger partial charge on any atom is 0.253 e. The number of nitrogens with zero attached hydrogens (tertiary/aromatic N) is 1. The van der Waals surface area contributed by atoms with Crippen molar-refractivity contribution in [2.75, 3.05) is 27.2 Å². The van der Waals surface area contributed by atoms with Crippen LogP contribution in [0.2, 0.25) is 0 Å². The zero-order valence-electron chi connectivity index (χ0n) is 13.0.